The number of nitrogens with zero attached hydrogens (tertiary/aromatic N) is 1. The second-order valence-corrected chi connectivity index (χ2v) is 14.8. The van der Waals surface area contributed by atoms with Crippen molar-refractivity contribution < 1.29 is 39.4 Å². The summed E-state index contributed by atoms with van der Waals surface area (Å²) in [4.78, 5) is 4.57. The number of hydrogen-bond acceptors (Lipinski definition) is 10. The van der Waals surface area contributed by atoms with Gasteiger partial charge in [0.05, 0.1) is 39.0 Å². The molecule has 56 heavy (non-hydrogen) atoms. The highest BCUT2D eigenvalue weighted by Gasteiger charge is 2.39. The highest BCUT2D eigenvalue weighted by molar-refractivity contribution is 5.83. The molecular formula is C46H48N2O8. The number of benzene rings is 5. The topological polar surface area (TPSA) is 142 Å². The number of aryl methyl sites for hydroxylation is 2. The highest BCUT2D eigenvalue weighted by Crippen LogP contribution is 2.53. The second kappa shape index (κ2) is 16.4. The normalized spacial score (nSPS) is 17.8. The van der Waals surface area contributed by atoms with Crippen LogP contribution in [0.3, 0.4) is 0 Å². The Labute approximate surface area is 326 Å². The lowest BCUT2D eigenvalue weighted by atomic mass is 9.73. The summed E-state index contributed by atoms with van der Waals surface area (Å²) < 4.78 is 25.6. The molecule has 5 aromatic carbocycles. The highest BCUT2D eigenvalue weighted by atomic mass is 16.6. The number of hydrogen-bond donors (Lipinski definition) is 5. The van der Waals surface area contributed by atoms with Gasteiger partial charge in [-0.2, -0.15) is 0 Å². The lowest BCUT2D eigenvalue weighted by Crippen LogP contribution is -2.36. The molecular weight excluding hydrogens is 709 g/mol. The maximum Gasteiger partial charge on any atom is 0.161 e. The van der Waals surface area contributed by atoms with Crippen molar-refractivity contribution in [2.24, 2.45) is 4.99 Å². The standard InChI is InChI=1S/C46H48N2O8/c1-47-26-54-43-22-37-38-19-31(17-28-9-13-39-29(16-28)14-15-48-39)36-21-33(51)11-12-35(36)44(38)41(55-34(24-49)25-50)23-40(37)56-46(43)32-18-30(45(52)42(20-32)53-2)10-8-27-6-4-3-5-7-27/h3-7,9,11-14,16,18,20-21,23,31,34,43,46-47,49-52H,8,10,15,17,19,22,24-26H2,1-2H3/t31-,43-,46-/m1/s1. The summed E-state index contributed by atoms with van der Waals surface area (Å²) >= 11 is 0. The van der Waals surface area contributed by atoms with E-state index < -0.39 is 18.3 Å². The summed E-state index contributed by atoms with van der Waals surface area (Å²) in [5.74, 6) is 1.75. The summed E-state index contributed by atoms with van der Waals surface area (Å²) in [6, 6.07) is 27.7. The molecule has 5 N–H and O–H groups in total. The SMILES string of the molecule is CNCO[C@@H]1Cc2c(cc(OC(CO)CO)c3c2C[C@@H](Cc2ccc4c(c2)=CCN=4)c2cc(O)ccc2-3)O[C@@H]1c1cc(CCc2ccccc2)c(O)c(OC)c1. The Balaban J connectivity index is 1.23. The predicted octanol–water partition coefficient (Wildman–Crippen LogP) is 4.83. The number of ether oxygens (including phenoxy) is 4. The first-order valence-electron chi connectivity index (χ1n) is 19.3. The molecule has 0 fully saturated rings. The minimum absolute atomic E-state index is 0.00903. The molecule has 8 rings (SSSR count). The van der Waals surface area contributed by atoms with Crippen molar-refractivity contribution in [2.75, 3.05) is 40.6 Å². The molecule has 0 aromatic heterocycles. The summed E-state index contributed by atoms with van der Waals surface area (Å²) in [6.07, 6.45) is 3.50. The van der Waals surface area contributed by atoms with Crippen LogP contribution in [0.1, 0.15) is 51.0 Å². The van der Waals surface area contributed by atoms with E-state index in [9.17, 15) is 20.4 Å². The summed E-state index contributed by atoms with van der Waals surface area (Å²) in [5, 5.41) is 47.6. The van der Waals surface area contributed by atoms with Crippen molar-refractivity contribution in [3.8, 4) is 39.9 Å². The van der Waals surface area contributed by atoms with Crippen LogP contribution < -0.4 is 30.1 Å². The Bertz CT molecular complexity index is 2340. The van der Waals surface area contributed by atoms with E-state index >= 15 is 0 Å². The van der Waals surface area contributed by atoms with E-state index in [2.05, 4.69) is 46.7 Å². The molecule has 10 heteroatoms. The molecule has 1 aliphatic carbocycles. The van der Waals surface area contributed by atoms with Gasteiger partial charge >= 0.3 is 0 Å². The molecule has 0 bridgehead atoms. The number of methoxy groups -OCH3 is 1. The molecule has 3 aliphatic rings. The molecule has 5 aromatic rings. The maximum absolute atomic E-state index is 11.2. The van der Waals surface area contributed by atoms with E-state index in [1.54, 1.807) is 13.2 Å². The molecule has 290 valence electrons. The summed E-state index contributed by atoms with van der Waals surface area (Å²) in [6.45, 7) is 0.225. The van der Waals surface area contributed by atoms with Gasteiger partial charge < -0.3 is 39.4 Å². The Kier molecular flexibility index (Phi) is 11.0. The molecule has 2 heterocycles. The van der Waals surface area contributed by atoms with Crippen molar-refractivity contribution in [3.05, 3.63) is 134 Å². The Hall–Kier alpha value is -5.39. The van der Waals surface area contributed by atoms with Crippen LogP contribution >= 0.6 is 0 Å². The molecule has 2 aliphatic heterocycles. The predicted molar refractivity (Wildman–Crippen MR) is 213 cm³/mol. The number of nitrogens with one attached hydrogen (secondary N) is 1. The fourth-order valence-electron chi connectivity index (χ4n) is 8.46. The molecule has 0 saturated carbocycles. The zero-order valence-corrected chi connectivity index (χ0v) is 31.7. The largest absolute Gasteiger partial charge is 0.508 e. The van der Waals surface area contributed by atoms with E-state index in [0.29, 0.717) is 49.8 Å². The number of fused-ring (bicyclic) bond motifs is 6. The second-order valence-electron chi connectivity index (χ2n) is 14.8. The van der Waals surface area contributed by atoms with Crippen molar-refractivity contribution >= 4 is 6.08 Å². The molecule has 10 nitrogen and oxygen atoms in total. The van der Waals surface area contributed by atoms with Gasteiger partial charge in [-0.1, -0.05) is 48.5 Å². The monoisotopic (exact) mass is 756 g/mol. The average Bonchev–Trinajstić information content (AvgIpc) is 3.70. The zero-order chi connectivity index (χ0) is 38.8. The van der Waals surface area contributed by atoms with Crippen molar-refractivity contribution in [1.29, 1.82) is 0 Å². The quantitative estimate of drug-likeness (QED) is 0.101. The van der Waals surface area contributed by atoms with Gasteiger partial charge in [0.2, 0.25) is 0 Å². The van der Waals surface area contributed by atoms with Gasteiger partial charge in [-0.3, -0.25) is 10.3 Å². The molecule has 0 saturated heterocycles. The zero-order valence-electron chi connectivity index (χ0n) is 31.7. The Morgan fingerprint density at radius 2 is 1.71 bits per heavy atom. The van der Waals surface area contributed by atoms with Crippen LogP contribution in [0.4, 0.5) is 0 Å². The van der Waals surface area contributed by atoms with Crippen LogP contribution in [0.15, 0.2) is 89.9 Å². The third-order valence-electron chi connectivity index (χ3n) is 11.2. The van der Waals surface area contributed by atoms with E-state index in [1.807, 2.05) is 55.6 Å². The van der Waals surface area contributed by atoms with Crippen molar-refractivity contribution in [3.63, 3.8) is 0 Å². The fraction of sp³-hybridized carbons (Fsp3) is 0.326. The first-order chi connectivity index (χ1) is 27.4. The van der Waals surface area contributed by atoms with Crippen molar-refractivity contribution in [2.45, 2.75) is 56.3 Å². The van der Waals surface area contributed by atoms with Gasteiger partial charge in [0.25, 0.3) is 0 Å². The molecule has 3 atom stereocenters. The lowest BCUT2D eigenvalue weighted by molar-refractivity contribution is -0.0430. The van der Waals surface area contributed by atoms with Crippen LogP contribution in [0, 0.1) is 0 Å². The van der Waals surface area contributed by atoms with Crippen LogP contribution in [0.5, 0.6) is 28.7 Å². The Morgan fingerprint density at radius 1 is 0.875 bits per heavy atom. The number of rotatable bonds is 14. The first kappa shape index (κ1) is 37.5. The summed E-state index contributed by atoms with van der Waals surface area (Å²) in [5.41, 5.74) is 8.70. The van der Waals surface area contributed by atoms with Gasteiger partial charge in [0.15, 0.2) is 17.6 Å². The van der Waals surface area contributed by atoms with E-state index in [1.165, 1.54) is 5.56 Å². The number of phenolic OH excluding ortho intramolecular Hbond substituents is 2. The van der Waals surface area contributed by atoms with Crippen LogP contribution in [-0.4, -0.2) is 73.3 Å². The van der Waals surface area contributed by atoms with Gasteiger partial charge in [-0.25, -0.2) is 0 Å². The van der Waals surface area contributed by atoms with Crippen LogP contribution in [0.25, 0.3) is 17.2 Å². The van der Waals surface area contributed by atoms with Crippen molar-refractivity contribution in [1.82, 2.24) is 5.32 Å². The molecule has 0 amide bonds. The average molecular weight is 757 g/mol. The smallest absolute Gasteiger partial charge is 0.161 e. The lowest BCUT2D eigenvalue weighted by Gasteiger charge is -2.38. The molecule has 0 radical (unpaired) electrons. The minimum atomic E-state index is -0.858. The van der Waals surface area contributed by atoms with Gasteiger partial charge in [-0.15, -0.1) is 0 Å². The fourth-order valence-corrected chi connectivity index (χ4v) is 8.46. The van der Waals surface area contributed by atoms with Crippen LogP contribution in [-0.2, 0) is 36.8 Å². The van der Waals surface area contributed by atoms with E-state index in [-0.39, 0.29) is 30.6 Å². The number of aliphatic hydroxyl groups is 2. The molecule has 0 unspecified atom stereocenters. The Morgan fingerprint density at radius 3 is 2.50 bits per heavy atom. The maximum atomic E-state index is 11.2. The third kappa shape index (κ3) is 7.45. The van der Waals surface area contributed by atoms with Gasteiger partial charge in [0, 0.05) is 23.6 Å². The van der Waals surface area contributed by atoms with Gasteiger partial charge in [0.1, 0.15) is 29.5 Å². The number of aromatic hydroxyl groups is 2. The van der Waals surface area contributed by atoms with Gasteiger partial charge in [-0.05, 0) is 119 Å². The molecule has 0 spiro atoms. The van der Waals surface area contributed by atoms with Crippen LogP contribution in [0.2, 0.25) is 0 Å². The number of aliphatic hydroxyl groups excluding tert-OH is 2. The van der Waals surface area contributed by atoms with E-state index in [4.69, 9.17) is 18.9 Å². The van der Waals surface area contributed by atoms with E-state index in [0.717, 1.165) is 67.9 Å². The minimum Gasteiger partial charge on any atom is -0.508 e. The number of phenols is 2. The third-order valence-corrected chi connectivity index (χ3v) is 11.2. The first-order valence-corrected chi connectivity index (χ1v) is 19.3. The summed E-state index contributed by atoms with van der Waals surface area (Å²) in [7, 11) is 3.38.